The Bertz CT molecular complexity index is 862. The molecule has 0 fully saturated rings. The summed E-state index contributed by atoms with van der Waals surface area (Å²) in [6.07, 6.45) is 0. The van der Waals surface area contributed by atoms with Gasteiger partial charge >= 0.3 is 0 Å². The number of benzene rings is 3. The van der Waals surface area contributed by atoms with E-state index in [1.165, 1.54) is 26.6 Å². The zero-order valence-electron chi connectivity index (χ0n) is 10.2. The number of hydrogen-bond acceptors (Lipinski definition) is 2. The van der Waals surface area contributed by atoms with Crippen LogP contribution in [0.4, 0.5) is 0 Å². The van der Waals surface area contributed by atoms with Gasteiger partial charge in [0.15, 0.2) is 0 Å². The minimum absolute atomic E-state index is 1.09. The Morgan fingerprint density at radius 1 is 0.789 bits per heavy atom. The predicted octanol–water partition coefficient (Wildman–Crippen LogP) is 5.12. The molecule has 2 heteroatoms. The first-order valence-corrected chi connectivity index (χ1v) is 7.11. The molecule has 3 aromatic carbocycles. The van der Waals surface area contributed by atoms with E-state index in [1.807, 2.05) is 11.6 Å². The molecule has 19 heavy (non-hydrogen) atoms. The fourth-order valence-electron chi connectivity index (χ4n) is 2.45. The van der Waals surface area contributed by atoms with E-state index in [4.69, 9.17) is 0 Å². The summed E-state index contributed by atoms with van der Waals surface area (Å²) < 4.78 is 1.27. The van der Waals surface area contributed by atoms with Gasteiger partial charge in [-0.15, -0.1) is 11.3 Å². The molecule has 0 saturated carbocycles. The molecule has 0 spiro atoms. The first kappa shape index (κ1) is 10.7. The highest BCUT2D eigenvalue weighted by molar-refractivity contribution is 7.17. The van der Waals surface area contributed by atoms with Crippen LogP contribution >= 0.6 is 11.3 Å². The van der Waals surface area contributed by atoms with Crippen LogP contribution < -0.4 is 0 Å². The van der Waals surface area contributed by atoms with Crippen LogP contribution in [0.3, 0.4) is 0 Å². The summed E-state index contributed by atoms with van der Waals surface area (Å²) in [5.74, 6) is 0. The molecule has 0 aliphatic rings. The molecule has 4 rings (SSSR count). The number of nitrogens with zero attached hydrogens (tertiary/aromatic N) is 1. The van der Waals surface area contributed by atoms with Gasteiger partial charge in [-0.1, -0.05) is 48.5 Å². The van der Waals surface area contributed by atoms with Crippen LogP contribution in [0.2, 0.25) is 0 Å². The van der Waals surface area contributed by atoms with E-state index in [0.29, 0.717) is 0 Å². The molecular formula is C17H11NS. The summed E-state index contributed by atoms with van der Waals surface area (Å²) in [6.45, 7) is 0. The lowest BCUT2D eigenvalue weighted by atomic mass is 10.0. The van der Waals surface area contributed by atoms with Gasteiger partial charge in [-0.2, -0.15) is 0 Å². The van der Waals surface area contributed by atoms with Crippen LogP contribution in [0.15, 0.2) is 66.2 Å². The highest BCUT2D eigenvalue weighted by atomic mass is 32.1. The van der Waals surface area contributed by atoms with E-state index >= 15 is 0 Å². The van der Waals surface area contributed by atoms with Crippen molar-refractivity contribution in [3.63, 3.8) is 0 Å². The highest BCUT2D eigenvalue weighted by Crippen LogP contribution is 2.31. The van der Waals surface area contributed by atoms with E-state index in [-0.39, 0.29) is 0 Å². The summed E-state index contributed by atoms with van der Waals surface area (Å²) in [7, 11) is 0. The zero-order valence-corrected chi connectivity index (χ0v) is 11.0. The third-order valence-electron chi connectivity index (χ3n) is 3.42. The Morgan fingerprint density at radius 3 is 2.53 bits per heavy atom. The van der Waals surface area contributed by atoms with Crippen molar-refractivity contribution in [1.82, 2.24) is 4.98 Å². The van der Waals surface area contributed by atoms with E-state index < -0.39 is 0 Å². The molecule has 90 valence electrons. The number of fused-ring (bicyclic) bond motifs is 3. The van der Waals surface area contributed by atoms with Gasteiger partial charge in [0.05, 0.1) is 15.7 Å². The average molecular weight is 261 g/mol. The smallest absolute Gasteiger partial charge is 0.0818 e. The maximum atomic E-state index is 4.39. The van der Waals surface area contributed by atoms with Gasteiger partial charge in [0.2, 0.25) is 0 Å². The van der Waals surface area contributed by atoms with Gasteiger partial charge in [-0.3, -0.25) is 0 Å². The van der Waals surface area contributed by atoms with Crippen LogP contribution in [0.25, 0.3) is 32.1 Å². The van der Waals surface area contributed by atoms with Gasteiger partial charge in [-0.05, 0) is 28.6 Å². The molecule has 0 amide bonds. The maximum Gasteiger partial charge on any atom is 0.0818 e. The average Bonchev–Trinajstić information content (AvgIpc) is 2.96. The van der Waals surface area contributed by atoms with E-state index in [1.54, 1.807) is 11.3 Å². The van der Waals surface area contributed by atoms with Crippen molar-refractivity contribution in [2.75, 3.05) is 0 Å². The molecule has 0 radical (unpaired) electrons. The van der Waals surface area contributed by atoms with E-state index in [2.05, 4.69) is 59.6 Å². The molecule has 1 heterocycles. The minimum Gasteiger partial charge on any atom is -0.245 e. The molecule has 0 bridgehead atoms. The van der Waals surface area contributed by atoms with Crippen LogP contribution in [0.5, 0.6) is 0 Å². The number of thiazole rings is 1. The fourth-order valence-corrected chi connectivity index (χ4v) is 3.27. The molecule has 1 nitrogen and oxygen atoms in total. The first-order chi connectivity index (χ1) is 9.42. The van der Waals surface area contributed by atoms with Gasteiger partial charge in [-0.25, -0.2) is 4.98 Å². The quantitative estimate of drug-likeness (QED) is 0.463. The van der Waals surface area contributed by atoms with Crippen molar-refractivity contribution in [3.05, 3.63) is 66.2 Å². The topological polar surface area (TPSA) is 12.9 Å². The van der Waals surface area contributed by atoms with Crippen molar-refractivity contribution >= 4 is 32.3 Å². The van der Waals surface area contributed by atoms with Crippen molar-refractivity contribution in [1.29, 1.82) is 0 Å². The maximum absolute atomic E-state index is 4.39. The van der Waals surface area contributed by atoms with Crippen LogP contribution in [-0.2, 0) is 0 Å². The van der Waals surface area contributed by atoms with Gasteiger partial charge in [0, 0.05) is 5.39 Å². The van der Waals surface area contributed by atoms with Crippen molar-refractivity contribution in [3.8, 4) is 11.1 Å². The molecule has 0 aliphatic carbocycles. The minimum atomic E-state index is 1.09. The summed E-state index contributed by atoms with van der Waals surface area (Å²) in [5.41, 5.74) is 5.52. The number of rotatable bonds is 1. The summed E-state index contributed by atoms with van der Waals surface area (Å²) in [5, 5.41) is 2.57. The molecule has 1 aromatic heterocycles. The second kappa shape index (κ2) is 4.18. The standard InChI is InChI=1S/C17H11NS/c1-2-4-12(5-3-1)14-7-6-13-8-9-16-17(15(13)10-14)19-11-18-16/h1-11H. The Labute approximate surface area is 115 Å². The van der Waals surface area contributed by atoms with Crippen molar-refractivity contribution in [2.45, 2.75) is 0 Å². The second-order valence-corrected chi connectivity index (χ2v) is 5.42. The Balaban J connectivity index is 2.04. The molecule has 4 aromatic rings. The lowest BCUT2D eigenvalue weighted by molar-refractivity contribution is 1.51. The Morgan fingerprint density at radius 2 is 1.63 bits per heavy atom. The van der Waals surface area contributed by atoms with Crippen LogP contribution in [-0.4, -0.2) is 4.98 Å². The highest BCUT2D eigenvalue weighted by Gasteiger charge is 2.04. The zero-order chi connectivity index (χ0) is 12.7. The monoisotopic (exact) mass is 261 g/mol. The number of hydrogen-bond donors (Lipinski definition) is 0. The lowest BCUT2D eigenvalue weighted by Crippen LogP contribution is -1.79. The predicted molar refractivity (Wildman–Crippen MR) is 82.6 cm³/mol. The van der Waals surface area contributed by atoms with Crippen molar-refractivity contribution in [2.24, 2.45) is 0 Å². The molecule has 0 unspecified atom stereocenters. The van der Waals surface area contributed by atoms with Crippen LogP contribution in [0, 0.1) is 0 Å². The first-order valence-electron chi connectivity index (χ1n) is 6.23. The van der Waals surface area contributed by atoms with Gasteiger partial charge in [0.1, 0.15) is 0 Å². The third kappa shape index (κ3) is 1.72. The van der Waals surface area contributed by atoms with E-state index in [0.717, 1.165) is 5.52 Å². The summed E-state index contributed by atoms with van der Waals surface area (Å²) in [4.78, 5) is 4.39. The molecular weight excluding hydrogens is 250 g/mol. The molecule has 0 aliphatic heterocycles. The fraction of sp³-hybridized carbons (Fsp3) is 0. The molecule has 0 atom stereocenters. The summed E-state index contributed by atoms with van der Waals surface area (Å²) >= 11 is 1.71. The summed E-state index contributed by atoms with van der Waals surface area (Å²) in [6, 6.07) is 21.4. The largest absolute Gasteiger partial charge is 0.245 e. The van der Waals surface area contributed by atoms with Gasteiger partial charge in [0.25, 0.3) is 0 Å². The van der Waals surface area contributed by atoms with E-state index in [9.17, 15) is 0 Å². The van der Waals surface area contributed by atoms with Crippen molar-refractivity contribution < 1.29 is 0 Å². The number of aromatic nitrogens is 1. The SMILES string of the molecule is c1ccc(-c2ccc3ccc4ncsc4c3c2)cc1. The Hall–Kier alpha value is -2.19. The van der Waals surface area contributed by atoms with Crippen LogP contribution in [0.1, 0.15) is 0 Å². The molecule has 0 N–H and O–H groups in total. The lowest BCUT2D eigenvalue weighted by Gasteiger charge is -2.04. The molecule has 0 saturated heterocycles. The third-order valence-corrected chi connectivity index (χ3v) is 4.30. The Kier molecular flexibility index (Phi) is 2.35. The van der Waals surface area contributed by atoms with Gasteiger partial charge < -0.3 is 0 Å². The normalized spacial score (nSPS) is 11.2. The second-order valence-electron chi connectivity index (χ2n) is 4.57.